The molecule has 1 aromatic carbocycles. The maximum absolute atomic E-state index is 13.0. The van der Waals surface area contributed by atoms with E-state index in [1.807, 2.05) is 0 Å². The Kier molecular flexibility index (Phi) is 2.84. The summed E-state index contributed by atoms with van der Waals surface area (Å²) in [6, 6.07) is 1.98. The lowest BCUT2D eigenvalue weighted by Crippen LogP contribution is -2.27. The molecule has 0 amide bonds. The molecular formula is C8H4F3NO4. The number of hydrogen-bond acceptors (Lipinski definition) is 3. The van der Waals surface area contributed by atoms with Crippen LogP contribution in [0.3, 0.4) is 0 Å². The summed E-state index contributed by atoms with van der Waals surface area (Å²) >= 11 is 0. The zero-order valence-corrected chi connectivity index (χ0v) is 7.49. The number of aliphatic carboxylic acids is 1. The van der Waals surface area contributed by atoms with Gasteiger partial charge in [0.15, 0.2) is 0 Å². The van der Waals surface area contributed by atoms with Gasteiger partial charge in [0.25, 0.3) is 5.69 Å². The Morgan fingerprint density at radius 1 is 1.44 bits per heavy atom. The quantitative estimate of drug-likeness (QED) is 0.640. The maximum atomic E-state index is 13.0. The van der Waals surface area contributed by atoms with Crippen LogP contribution in [0.25, 0.3) is 0 Å². The first-order valence-corrected chi connectivity index (χ1v) is 3.83. The van der Waals surface area contributed by atoms with Crippen molar-refractivity contribution in [3.63, 3.8) is 0 Å². The zero-order valence-electron chi connectivity index (χ0n) is 7.49. The van der Waals surface area contributed by atoms with Crippen molar-refractivity contribution in [2.75, 3.05) is 0 Å². The van der Waals surface area contributed by atoms with E-state index in [1.165, 1.54) is 0 Å². The summed E-state index contributed by atoms with van der Waals surface area (Å²) < 4.78 is 39.1. The number of carboxylic acid groups (broad SMARTS) is 1. The Hall–Kier alpha value is -2.12. The van der Waals surface area contributed by atoms with Crippen LogP contribution in [-0.4, -0.2) is 16.0 Å². The molecule has 0 saturated heterocycles. The van der Waals surface area contributed by atoms with E-state index in [4.69, 9.17) is 5.11 Å². The number of nitro groups is 1. The van der Waals surface area contributed by atoms with Gasteiger partial charge in [-0.1, -0.05) is 6.07 Å². The molecule has 0 unspecified atom stereocenters. The number of rotatable bonds is 3. The van der Waals surface area contributed by atoms with E-state index < -0.39 is 33.9 Å². The van der Waals surface area contributed by atoms with E-state index in [0.717, 1.165) is 6.07 Å². The Morgan fingerprint density at radius 2 is 2.00 bits per heavy atom. The summed E-state index contributed by atoms with van der Waals surface area (Å²) in [5.74, 6) is -8.93. The van der Waals surface area contributed by atoms with Crippen molar-refractivity contribution in [2.24, 2.45) is 0 Å². The molecule has 0 saturated carbocycles. The van der Waals surface area contributed by atoms with E-state index in [-0.39, 0.29) is 0 Å². The molecule has 0 aliphatic rings. The lowest BCUT2D eigenvalue weighted by Gasteiger charge is -2.12. The first-order chi connectivity index (χ1) is 7.28. The van der Waals surface area contributed by atoms with Crippen LogP contribution in [0.1, 0.15) is 5.56 Å². The van der Waals surface area contributed by atoms with Crippen LogP contribution >= 0.6 is 0 Å². The lowest BCUT2D eigenvalue weighted by molar-refractivity contribution is -0.387. The standard InChI is InChI=1S/C8H4F3NO4/c9-4-2-1-3-5(12(15)16)6(4)8(10,11)7(13)14/h1-3H,(H,13,14). The number of alkyl halides is 2. The molecule has 8 heteroatoms. The lowest BCUT2D eigenvalue weighted by atomic mass is 10.1. The predicted octanol–water partition coefficient (Wildman–Crippen LogP) is 1.91. The van der Waals surface area contributed by atoms with Crippen LogP contribution in [0.2, 0.25) is 0 Å². The average molecular weight is 235 g/mol. The predicted molar refractivity (Wildman–Crippen MR) is 44.6 cm³/mol. The molecular weight excluding hydrogens is 231 g/mol. The number of benzene rings is 1. The number of carbonyl (C=O) groups is 1. The van der Waals surface area contributed by atoms with Crippen LogP contribution < -0.4 is 0 Å². The van der Waals surface area contributed by atoms with Crippen LogP contribution in [0.5, 0.6) is 0 Å². The van der Waals surface area contributed by atoms with Gasteiger partial charge in [-0.3, -0.25) is 10.1 Å². The molecule has 0 atom stereocenters. The fraction of sp³-hybridized carbons (Fsp3) is 0.125. The topological polar surface area (TPSA) is 80.4 Å². The molecule has 0 aliphatic carbocycles. The van der Waals surface area contributed by atoms with Gasteiger partial charge in [-0.25, -0.2) is 9.18 Å². The summed E-state index contributed by atoms with van der Waals surface area (Å²) in [5, 5.41) is 18.5. The van der Waals surface area contributed by atoms with Crippen molar-refractivity contribution < 1.29 is 28.0 Å². The molecule has 5 nitrogen and oxygen atoms in total. The highest BCUT2D eigenvalue weighted by Gasteiger charge is 2.48. The summed E-state index contributed by atoms with van der Waals surface area (Å²) in [7, 11) is 0. The highest BCUT2D eigenvalue weighted by Crippen LogP contribution is 2.36. The molecule has 0 fully saturated rings. The molecule has 0 aliphatic heterocycles. The largest absolute Gasteiger partial charge is 0.477 e. The summed E-state index contributed by atoms with van der Waals surface area (Å²) in [4.78, 5) is 19.3. The molecule has 1 rings (SSSR count). The van der Waals surface area contributed by atoms with Crippen molar-refractivity contribution in [1.82, 2.24) is 0 Å². The monoisotopic (exact) mass is 235 g/mol. The molecule has 1 aromatic rings. The van der Waals surface area contributed by atoms with Gasteiger partial charge in [0.2, 0.25) is 0 Å². The maximum Gasteiger partial charge on any atom is 0.379 e. The van der Waals surface area contributed by atoms with Crippen LogP contribution in [0, 0.1) is 15.9 Å². The molecule has 0 bridgehead atoms. The van der Waals surface area contributed by atoms with Crippen molar-refractivity contribution in [3.8, 4) is 0 Å². The Morgan fingerprint density at radius 3 is 2.44 bits per heavy atom. The van der Waals surface area contributed by atoms with Crippen molar-refractivity contribution in [3.05, 3.63) is 39.7 Å². The van der Waals surface area contributed by atoms with Crippen LogP contribution in [0.4, 0.5) is 18.9 Å². The average Bonchev–Trinajstić information content (AvgIpc) is 2.16. The second-order valence-electron chi connectivity index (χ2n) is 2.77. The third-order valence-electron chi connectivity index (χ3n) is 1.77. The normalized spacial score (nSPS) is 11.2. The Labute approximate surface area is 86.3 Å². The van der Waals surface area contributed by atoms with E-state index >= 15 is 0 Å². The minimum absolute atomic E-state index is 0.527. The fourth-order valence-corrected chi connectivity index (χ4v) is 1.08. The van der Waals surface area contributed by atoms with Gasteiger partial charge in [0, 0.05) is 6.07 Å². The molecule has 0 aromatic heterocycles. The van der Waals surface area contributed by atoms with Gasteiger partial charge in [-0.15, -0.1) is 0 Å². The Balaban J connectivity index is 3.54. The van der Waals surface area contributed by atoms with E-state index in [9.17, 15) is 28.1 Å². The molecule has 0 heterocycles. The zero-order chi connectivity index (χ0) is 12.5. The van der Waals surface area contributed by atoms with Gasteiger partial charge in [-0.05, 0) is 6.07 Å². The fourth-order valence-electron chi connectivity index (χ4n) is 1.08. The van der Waals surface area contributed by atoms with Crippen molar-refractivity contribution >= 4 is 11.7 Å². The molecule has 16 heavy (non-hydrogen) atoms. The second kappa shape index (κ2) is 3.80. The SMILES string of the molecule is O=C(O)C(F)(F)c1c(F)cccc1[N+](=O)[O-]. The minimum atomic E-state index is -4.65. The summed E-state index contributed by atoms with van der Waals surface area (Å²) in [5.41, 5.74) is -3.01. The van der Waals surface area contributed by atoms with Gasteiger partial charge in [0.05, 0.1) is 4.92 Å². The summed E-state index contributed by atoms with van der Waals surface area (Å²) in [6.07, 6.45) is 0. The van der Waals surface area contributed by atoms with Gasteiger partial charge in [-0.2, -0.15) is 8.78 Å². The van der Waals surface area contributed by atoms with E-state index in [2.05, 4.69) is 0 Å². The van der Waals surface area contributed by atoms with Gasteiger partial charge < -0.3 is 5.11 Å². The van der Waals surface area contributed by atoms with Crippen LogP contribution in [0.15, 0.2) is 18.2 Å². The number of carboxylic acids is 1. The van der Waals surface area contributed by atoms with Gasteiger partial charge >= 0.3 is 11.9 Å². The molecule has 86 valence electrons. The first kappa shape index (κ1) is 12.0. The second-order valence-corrected chi connectivity index (χ2v) is 2.77. The highest BCUT2D eigenvalue weighted by atomic mass is 19.3. The number of halogens is 3. The Bertz CT molecular complexity index is 461. The minimum Gasteiger partial charge on any atom is -0.477 e. The molecule has 0 spiro atoms. The van der Waals surface area contributed by atoms with Gasteiger partial charge in [0.1, 0.15) is 11.4 Å². The summed E-state index contributed by atoms with van der Waals surface area (Å²) in [6.45, 7) is 0. The number of nitro benzene ring substituents is 1. The number of hydrogen-bond donors (Lipinski definition) is 1. The van der Waals surface area contributed by atoms with Crippen LogP contribution in [-0.2, 0) is 10.7 Å². The first-order valence-electron chi connectivity index (χ1n) is 3.83. The third-order valence-corrected chi connectivity index (χ3v) is 1.77. The smallest absolute Gasteiger partial charge is 0.379 e. The van der Waals surface area contributed by atoms with Crippen molar-refractivity contribution in [1.29, 1.82) is 0 Å². The van der Waals surface area contributed by atoms with E-state index in [0.29, 0.717) is 12.1 Å². The molecule has 1 N–H and O–H groups in total. The number of nitrogens with zero attached hydrogens (tertiary/aromatic N) is 1. The van der Waals surface area contributed by atoms with E-state index in [1.54, 1.807) is 0 Å². The third kappa shape index (κ3) is 1.81. The highest BCUT2D eigenvalue weighted by molar-refractivity contribution is 5.79. The van der Waals surface area contributed by atoms with Crippen molar-refractivity contribution in [2.45, 2.75) is 5.92 Å². The molecule has 0 radical (unpaired) electrons.